The molecule has 0 atom stereocenters. The van der Waals surface area contributed by atoms with Crippen molar-refractivity contribution < 1.29 is 4.79 Å². The van der Waals surface area contributed by atoms with Gasteiger partial charge in [0.15, 0.2) is 0 Å². The molecule has 5 heteroatoms. The molecule has 0 saturated heterocycles. The lowest BCUT2D eigenvalue weighted by molar-refractivity contribution is 0.254. The second-order valence-corrected chi connectivity index (χ2v) is 3.30. The molecule has 5 N–H and O–H groups in total. The van der Waals surface area contributed by atoms with Gasteiger partial charge in [-0.25, -0.2) is 4.79 Å². The van der Waals surface area contributed by atoms with Gasteiger partial charge in [0.2, 0.25) is 0 Å². The molecule has 84 valence electrons. The Balaban J connectivity index is 0.000000921. The van der Waals surface area contributed by atoms with E-state index in [-0.39, 0.29) is 0 Å². The van der Waals surface area contributed by atoms with Gasteiger partial charge < -0.3 is 11.5 Å². The number of carbonyl (C=O) groups excluding carboxylic acids is 1. The Labute approximate surface area is 94.5 Å². The van der Waals surface area contributed by atoms with Crippen LogP contribution in [0.4, 0.5) is 4.79 Å². The van der Waals surface area contributed by atoms with E-state index in [1.807, 2.05) is 38.1 Å². The van der Waals surface area contributed by atoms with Gasteiger partial charge >= 0.3 is 6.03 Å². The summed E-state index contributed by atoms with van der Waals surface area (Å²) in [6.45, 7) is 4.52. The van der Waals surface area contributed by atoms with Gasteiger partial charge in [-0.1, -0.05) is 26.0 Å². The van der Waals surface area contributed by atoms with Crippen molar-refractivity contribution in [2.24, 2.45) is 11.5 Å². The molecular formula is C10H17N3OS. The normalized spacial score (nSPS) is 8.73. The first-order valence-corrected chi connectivity index (χ1v) is 5.55. The van der Waals surface area contributed by atoms with E-state index in [9.17, 15) is 4.79 Å². The van der Waals surface area contributed by atoms with Crippen molar-refractivity contribution >= 4 is 18.0 Å². The average Bonchev–Trinajstić information content (AvgIpc) is 2.30. The first-order valence-electron chi connectivity index (χ1n) is 4.73. The quantitative estimate of drug-likeness (QED) is 0.689. The van der Waals surface area contributed by atoms with Crippen LogP contribution in [0.15, 0.2) is 29.2 Å². The average molecular weight is 227 g/mol. The number of hydrogen-bond donors (Lipinski definition) is 3. The van der Waals surface area contributed by atoms with Crippen molar-refractivity contribution in [2.45, 2.75) is 25.3 Å². The predicted molar refractivity (Wildman–Crippen MR) is 64.3 cm³/mol. The Hall–Kier alpha value is -1.20. The molecule has 0 unspecified atom stereocenters. The summed E-state index contributed by atoms with van der Waals surface area (Å²) in [6, 6.07) is 7.02. The fourth-order valence-corrected chi connectivity index (χ4v) is 1.29. The number of amides is 2. The third-order valence-electron chi connectivity index (χ3n) is 1.43. The summed E-state index contributed by atoms with van der Waals surface area (Å²) in [6.07, 6.45) is 0. The molecule has 0 spiro atoms. The van der Waals surface area contributed by atoms with Crippen LogP contribution in [0.1, 0.15) is 19.4 Å². The first kappa shape index (κ1) is 13.8. The van der Waals surface area contributed by atoms with Crippen molar-refractivity contribution in [1.29, 1.82) is 0 Å². The Morgan fingerprint density at radius 2 is 1.87 bits per heavy atom. The fraction of sp³-hybridized carbons (Fsp3) is 0.300. The van der Waals surface area contributed by atoms with E-state index in [1.165, 1.54) is 11.9 Å². The maximum Gasteiger partial charge on any atom is 0.322 e. The van der Waals surface area contributed by atoms with Crippen LogP contribution in [0.5, 0.6) is 0 Å². The zero-order valence-corrected chi connectivity index (χ0v) is 9.80. The Morgan fingerprint density at radius 3 is 2.27 bits per heavy atom. The van der Waals surface area contributed by atoms with E-state index >= 15 is 0 Å². The molecule has 0 bridgehead atoms. The van der Waals surface area contributed by atoms with Gasteiger partial charge in [-0.3, -0.25) is 4.72 Å². The summed E-state index contributed by atoms with van der Waals surface area (Å²) >= 11 is 1.18. The molecule has 4 nitrogen and oxygen atoms in total. The molecule has 1 rings (SSSR count). The third kappa shape index (κ3) is 5.98. The summed E-state index contributed by atoms with van der Waals surface area (Å²) in [5.74, 6) is 0. The van der Waals surface area contributed by atoms with Gasteiger partial charge in [0.25, 0.3) is 0 Å². The molecule has 1 aromatic carbocycles. The van der Waals surface area contributed by atoms with Crippen LogP contribution in [-0.2, 0) is 6.54 Å². The second-order valence-electron chi connectivity index (χ2n) is 2.42. The van der Waals surface area contributed by atoms with Gasteiger partial charge in [0.1, 0.15) is 0 Å². The van der Waals surface area contributed by atoms with Crippen LogP contribution < -0.4 is 16.2 Å². The van der Waals surface area contributed by atoms with Crippen LogP contribution >= 0.6 is 11.9 Å². The minimum atomic E-state index is -0.548. The van der Waals surface area contributed by atoms with Crippen LogP contribution in [0.2, 0.25) is 0 Å². The number of nitrogens with two attached hydrogens (primary N) is 2. The highest BCUT2D eigenvalue weighted by Gasteiger charge is 1.95. The van der Waals surface area contributed by atoms with Crippen molar-refractivity contribution in [3.8, 4) is 0 Å². The summed E-state index contributed by atoms with van der Waals surface area (Å²) < 4.78 is 2.42. The van der Waals surface area contributed by atoms with Gasteiger partial charge in [0, 0.05) is 11.4 Å². The molecule has 0 aromatic heterocycles. The van der Waals surface area contributed by atoms with Crippen molar-refractivity contribution in [2.75, 3.05) is 0 Å². The zero-order valence-electron chi connectivity index (χ0n) is 8.99. The van der Waals surface area contributed by atoms with Crippen LogP contribution in [0, 0.1) is 0 Å². The van der Waals surface area contributed by atoms with Gasteiger partial charge in [-0.2, -0.15) is 0 Å². The largest absolute Gasteiger partial charge is 0.351 e. The smallest absolute Gasteiger partial charge is 0.322 e. The van der Waals surface area contributed by atoms with E-state index in [4.69, 9.17) is 11.5 Å². The van der Waals surface area contributed by atoms with Gasteiger partial charge in [-0.15, -0.1) is 0 Å². The maximum atomic E-state index is 10.4. The van der Waals surface area contributed by atoms with E-state index in [2.05, 4.69) is 4.72 Å². The maximum absolute atomic E-state index is 10.4. The standard InChI is InChI=1S/C8H11N3OS.C2H6/c9-5-6-1-3-7(4-2-6)13-11-8(10)12;1-2/h1-4H,5,9H2,(H3,10,11,12);1-2H3. The Morgan fingerprint density at radius 1 is 1.33 bits per heavy atom. The number of benzene rings is 1. The lowest BCUT2D eigenvalue weighted by atomic mass is 10.2. The summed E-state index contributed by atoms with van der Waals surface area (Å²) in [4.78, 5) is 11.3. The summed E-state index contributed by atoms with van der Waals surface area (Å²) in [7, 11) is 0. The minimum Gasteiger partial charge on any atom is -0.351 e. The molecule has 15 heavy (non-hydrogen) atoms. The lowest BCUT2D eigenvalue weighted by Crippen LogP contribution is -2.22. The first-order chi connectivity index (χ1) is 7.22. The van der Waals surface area contributed by atoms with E-state index < -0.39 is 6.03 Å². The third-order valence-corrected chi connectivity index (χ3v) is 2.24. The van der Waals surface area contributed by atoms with Crippen molar-refractivity contribution in [3.05, 3.63) is 29.8 Å². The highest BCUT2D eigenvalue weighted by Crippen LogP contribution is 2.14. The molecular weight excluding hydrogens is 210 g/mol. The molecule has 0 aliphatic rings. The van der Waals surface area contributed by atoms with Crippen LogP contribution in [0.25, 0.3) is 0 Å². The number of rotatable bonds is 3. The summed E-state index contributed by atoms with van der Waals surface area (Å²) in [5.41, 5.74) is 11.4. The molecule has 0 saturated carbocycles. The lowest BCUT2D eigenvalue weighted by Gasteiger charge is -2.01. The van der Waals surface area contributed by atoms with Gasteiger partial charge in [-0.05, 0) is 29.6 Å². The van der Waals surface area contributed by atoms with Crippen molar-refractivity contribution in [3.63, 3.8) is 0 Å². The predicted octanol–water partition coefficient (Wildman–Crippen LogP) is 1.85. The number of primary amides is 1. The highest BCUT2D eigenvalue weighted by molar-refractivity contribution is 7.98. The summed E-state index contributed by atoms with van der Waals surface area (Å²) in [5, 5.41) is 0. The number of urea groups is 1. The van der Waals surface area contributed by atoms with Gasteiger partial charge in [0.05, 0.1) is 0 Å². The monoisotopic (exact) mass is 227 g/mol. The Kier molecular flexibility index (Phi) is 7.49. The molecule has 0 radical (unpaired) electrons. The number of nitrogens with one attached hydrogen (secondary N) is 1. The Bertz CT molecular complexity index is 287. The zero-order chi connectivity index (χ0) is 11.7. The number of carbonyl (C=O) groups is 1. The SMILES string of the molecule is CC.NCc1ccc(SNC(N)=O)cc1. The fourth-order valence-electron chi connectivity index (χ4n) is 0.803. The molecule has 1 aromatic rings. The topological polar surface area (TPSA) is 81.1 Å². The molecule has 0 aliphatic carbocycles. The minimum absolute atomic E-state index is 0.522. The molecule has 0 heterocycles. The highest BCUT2D eigenvalue weighted by atomic mass is 32.2. The second kappa shape index (κ2) is 8.14. The molecule has 0 aliphatic heterocycles. The molecule has 2 amide bonds. The molecule has 0 fully saturated rings. The van der Waals surface area contributed by atoms with Crippen LogP contribution in [-0.4, -0.2) is 6.03 Å². The van der Waals surface area contributed by atoms with E-state index in [1.54, 1.807) is 0 Å². The number of hydrogen-bond acceptors (Lipinski definition) is 3. The van der Waals surface area contributed by atoms with E-state index in [0.29, 0.717) is 6.54 Å². The van der Waals surface area contributed by atoms with E-state index in [0.717, 1.165) is 10.5 Å². The van der Waals surface area contributed by atoms with Crippen molar-refractivity contribution in [1.82, 2.24) is 4.72 Å². The van der Waals surface area contributed by atoms with Crippen LogP contribution in [0.3, 0.4) is 0 Å².